The topological polar surface area (TPSA) is 77.2 Å². The standard InChI is InChI=1S/C16H19N3O3/c1-11-17-15(19-22-11)10-21-14-8-6-13(7-9-14)18-16(20)12-4-2-3-5-12/h6-9,12H,2-5,10H2,1H3,(H,18,20). The highest BCUT2D eigenvalue weighted by atomic mass is 16.5. The minimum absolute atomic E-state index is 0.119. The zero-order valence-corrected chi connectivity index (χ0v) is 12.5. The molecular weight excluding hydrogens is 282 g/mol. The van der Waals surface area contributed by atoms with Crippen molar-refractivity contribution in [2.24, 2.45) is 5.92 Å². The summed E-state index contributed by atoms with van der Waals surface area (Å²) in [6.45, 7) is 1.99. The first-order valence-electron chi connectivity index (χ1n) is 7.53. The van der Waals surface area contributed by atoms with E-state index in [-0.39, 0.29) is 18.4 Å². The Morgan fingerprint density at radius 2 is 2.05 bits per heavy atom. The molecule has 6 heteroatoms. The maximum absolute atomic E-state index is 12.0. The Morgan fingerprint density at radius 1 is 1.32 bits per heavy atom. The number of carbonyl (C=O) groups is 1. The van der Waals surface area contributed by atoms with Crippen LogP contribution in [-0.2, 0) is 11.4 Å². The predicted octanol–water partition coefficient (Wildman–Crippen LogP) is 3.09. The maximum Gasteiger partial charge on any atom is 0.227 e. The summed E-state index contributed by atoms with van der Waals surface area (Å²) in [5.74, 6) is 2.01. The molecule has 3 rings (SSSR count). The zero-order valence-electron chi connectivity index (χ0n) is 12.5. The minimum Gasteiger partial charge on any atom is -0.485 e. The predicted molar refractivity (Wildman–Crippen MR) is 80.4 cm³/mol. The minimum atomic E-state index is 0.119. The van der Waals surface area contributed by atoms with Gasteiger partial charge in [0.15, 0.2) is 6.61 Å². The summed E-state index contributed by atoms with van der Waals surface area (Å²) in [5.41, 5.74) is 0.791. The Morgan fingerprint density at radius 3 is 2.68 bits per heavy atom. The molecule has 2 aromatic rings. The Labute approximate surface area is 128 Å². The Hall–Kier alpha value is -2.37. The SMILES string of the molecule is Cc1nc(COc2ccc(NC(=O)C3CCCC3)cc2)no1. The van der Waals surface area contributed by atoms with Gasteiger partial charge in [-0.25, -0.2) is 0 Å². The highest BCUT2D eigenvalue weighted by Crippen LogP contribution is 2.26. The third-order valence-corrected chi connectivity index (χ3v) is 3.79. The fourth-order valence-electron chi connectivity index (χ4n) is 2.61. The van der Waals surface area contributed by atoms with Crippen LogP contribution in [0.15, 0.2) is 28.8 Å². The van der Waals surface area contributed by atoms with Crippen molar-refractivity contribution in [3.8, 4) is 5.75 Å². The lowest BCUT2D eigenvalue weighted by Gasteiger charge is -2.11. The molecule has 0 saturated heterocycles. The number of carbonyl (C=O) groups excluding carboxylic acids is 1. The highest BCUT2D eigenvalue weighted by molar-refractivity contribution is 5.92. The number of amides is 1. The fraction of sp³-hybridized carbons (Fsp3) is 0.438. The van der Waals surface area contributed by atoms with Gasteiger partial charge in [-0.2, -0.15) is 4.98 Å². The summed E-state index contributed by atoms with van der Waals surface area (Å²) in [5, 5.41) is 6.72. The van der Waals surface area contributed by atoms with Crippen molar-refractivity contribution in [1.82, 2.24) is 10.1 Å². The molecule has 1 N–H and O–H groups in total. The van der Waals surface area contributed by atoms with Gasteiger partial charge in [0.2, 0.25) is 17.6 Å². The number of aromatic nitrogens is 2. The average molecular weight is 301 g/mol. The molecule has 22 heavy (non-hydrogen) atoms. The van der Waals surface area contributed by atoms with Gasteiger partial charge in [0, 0.05) is 18.5 Å². The molecule has 1 amide bonds. The van der Waals surface area contributed by atoms with Crippen LogP contribution in [0.5, 0.6) is 5.75 Å². The van der Waals surface area contributed by atoms with Gasteiger partial charge in [-0.3, -0.25) is 4.79 Å². The van der Waals surface area contributed by atoms with Crippen LogP contribution in [0.2, 0.25) is 0 Å². The lowest BCUT2D eigenvalue weighted by molar-refractivity contribution is -0.119. The second-order valence-corrected chi connectivity index (χ2v) is 5.51. The second kappa shape index (κ2) is 6.60. The number of hydrogen-bond donors (Lipinski definition) is 1. The smallest absolute Gasteiger partial charge is 0.227 e. The molecule has 116 valence electrons. The summed E-state index contributed by atoms with van der Waals surface area (Å²) in [6, 6.07) is 7.31. The van der Waals surface area contributed by atoms with Gasteiger partial charge in [-0.1, -0.05) is 18.0 Å². The molecule has 1 saturated carbocycles. The summed E-state index contributed by atoms with van der Waals surface area (Å²) in [6.07, 6.45) is 4.30. The van der Waals surface area contributed by atoms with Crippen LogP contribution >= 0.6 is 0 Å². The van der Waals surface area contributed by atoms with E-state index in [1.807, 2.05) is 24.3 Å². The molecule has 6 nitrogen and oxygen atoms in total. The number of ether oxygens (including phenoxy) is 1. The van der Waals surface area contributed by atoms with Crippen LogP contribution in [0.1, 0.15) is 37.4 Å². The molecule has 1 aromatic carbocycles. The van der Waals surface area contributed by atoms with E-state index in [1.54, 1.807) is 6.92 Å². The summed E-state index contributed by atoms with van der Waals surface area (Å²) >= 11 is 0. The molecule has 0 aliphatic heterocycles. The fourth-order valence-corrected chi connectivity index (χ4v) is 2.61. The molecule has 1 aliphatic carbocycles. The van der Waals surface area contributed by atoms with Gasteiger partial charge >= 0.3 is 0 Å². The first-order valence-corrected chi connectivity index (χ1v) is 7.53. The highest BCUT2D eigenvalue weighted by Gasteiger charge is 2.22. The van der Waals surface area contributed by atoms with Crippen LogP contribution in [-0.4, -0.2) is 16.0 Å². The Kier molecular flexibility index (Phi) is 4.37. The molecule has 0 atom stereocenters. The van der Waals surface area contributed by atoms with Crippen molar-refractivity contribution in [1.29, 1.82) is 0 Å². The van der Waals surface area contributed by atoms with E-state index < -0.39 is 0 Å². The number of anilines is 1. The molecule has 0 radical (unpaired) electrons. The molecule has 1 aromatic heterocycles. The van der Waals surface area contributed by atoms with E-state index >= 15 is 0 Å². The monoisotopic (exact) mass is 301 g/mol. The van der Waals surface area contributed by atoms with E-state index in [1.165, 1.54) is 0 Å². The molecule has 1 heterocycles. The third kappa shape index (κ3) is 3.63. The molecule has 0 unspecified atom stereocenters. The first-order chi connectivity index (χ1) is 10.7. The van der Waals surface area contributed by atoms with Gasteiger partial charge in [0.25, 0.3) is 0 Å². The van der Waals surface area contributed by atoms with Gasteiger partial charge in [0.1, 0.15) is 5.75 Å². The zero-order chi connectivity index (χ0) is 15.4. The number of benzene rings is 1. The van der Waals surface area contributed by atoms with Gasteiger partial charge in [-0.05, 0) is 37.1 Å². The van der Waals surface area contributed by atoms with Crippen molar-refractivity contribution >= 4 is 11.6 Å². The van der Waals surface area contributed by atoms with Crippen LogP contribution in [0.25, 0.3) is 0 Å². The largest absolute Gasteiger partial charge is 0.485 e. The van der Waals surface area contributed by atoms with Crippen molar-refractivity contribution in [3.63, 3.8) is 0 Å². The van der Waals surface area contributed by atoms with Crippen LogP contribution < -0.4 is 10.1 Å². The average Bonchev–Trinajstić information content (AvgIpc) is 3.18. The van der Waals surface area contributed by atoms with Crippen LogP contribution in [0.4, 0.5) is 5.69 Å². The quantitative estimate of drug-likeness (QED) is 0.918. The van der Waals surface area contributed by atoms with Crippen LogP contribution in [0, 0.1) is 12.8 Å². The van der Waals surface area contributed by atoms with Crippen molar-refractivity contribution in [2.75, 3.05) is 5.32 Å². The number of hydrogen-bond acceptors (Lipinski definition) is 5. The van der Waals surface area contributed by atoms with E-state index in [0.717, 1.165) is 31.4 Å². The number of aryl methyl sites for hydroxylation is 1. The number of nitrogens with one attached hydrogen (secondary N) is 1. The van der Waals surface area contributed by atoms with E-state index in [0.29, 0.717) is 17.5 Å². The summed E-state index contributed by atoms with van der Waals surface area (Å²) in [4.78, 5) is 16.1. The van der Waals surface area contributed by atoms with E-state index in [2.05, 4.69) is 15.5 Å². The molecule has 1 fully saturated rings. The summed E-state index contributed by atoms with van der Waals surface area (Å²) in [7, 11) is 0. The summed E-state index contributed by atoms with van der Waals surface area (Å²) < 4.78 is 10.4. The molecule has 1 aliphatic rings. The second-order valence-electron chi connectivity index (χ2n) is 5.51. The normalized spacial score (nSPS) is 15.0. The van der Waals surface area contributed by atoms with Gasteiger partial charge in [-0.15, -0.1) is 0 Å². The van der Waals surface area contributed by atoms with Crippen molar-refractivity contribution < 1.29 is 14.1 Å². The first kappa shape index (κ1) is 14.6. The molecule has 0 bridgehead atoms. The lowest BCUT2D eigenvalue weighted by Crippen LogP contribution is -2.20. The lowest BCUT2D eigenvalue weighted by atomic mass is 10.1. The Bertz CT molecular complexity index is 630. The number of rotatable bonds is 5. The van der Waals surface area contributed by atoms with Crippen molar-refractivity contribution in [3.05, 3.63) is 36.0 Å². The third-order valence-electron chi connectivity index (χ3n) is 3.79. The van der Waals surface area contributed by atoms with E-state index in [9.17, 15) is 4.79 Å². The van der Waals surface area contributed by atoms with Gasteiger partial charge in [0.05, 0.1) is 0 Å². The Balaban J connectivity index is 1.52. The van der Waals surface area contributed by atoms with Crippen molar-refractivity contribution in [2.45, 2.75) is 39.2 Å². The van der Waals surface area contributed by atoms with E-state index in [4.69, 9.17) is 9.26 Å². The maximum atomic E-state index is 12.0. The van der Waals surface area contributed by atoms with Crippen LogP contribution in [0.3, 0.4) is 0 Å². The van der Waals surface area contributed by atoms with Gasteiger partial charge < -0.3 is 14.6 Å². The molecule has 0 spiro atoms. The molecular formula is C16H19N3O3. The number of nitrogens with zero attached hydrogens (tertiary/aromatic N) is 2.